The van der Waals surface area contributed by atoms with E-state index in [0.717, 1.165) is 63.4 Å². The standard InChI is InChI=1S/C23H26N8O2S/c32-21-19-20(23(30-21)6-2-1-3-7-23)29-22(34-19)28-18-12-17(25-14-26-18)27-16-5-4-15(13-24-16)31-8-10-33-11-9-31/h4-5,12-14H,1-3,6-11H2,(H,30,32)(H2,24,25,26,27,28,29). The number of morpholine rings is 1. The Kier molecular flexibility index (Phi) is 5.50. The average Bonchev–Trinajstić information content (AvgIpc) is 3.40. The molecule has 5 heterocycles. The number of nitrogens with one attached hydrogen (secondary N) is 3. The molecule has 1 spiro atoms. The fraction of sp³-hybridized carbons (Fsp3) is 0.435. The number of nitrogens with zero attached hydrogens (tertiary/aromatic N) is 5. The minimum Gasteiger partial charge on any atom is -0.378 e. The van der Waals surface area contributed by atoms with Crippen LogP contribution in [0.1, 0.15) is 47.5 Å². The van der Waals surface area contributed by atoms with Crippen molar-refractivity contribution < 1.29 is 9.53 Å². The van der Waals surface area contributed by atoms with Crippen LogP contribution in [0.25, 0.3) is 0 Å². The summed E-state index contributed by atoms with van der Waals surface area (Å²) in [6.45, 7) is 3.23. The molecule has 34 heavy (non-hydrogen) atoms. The number of carbonyl (C=O) groups excluding carboxylic acids is 1. The van der Waals surface area contributed by atoms with Crippen LogP contribution in [0.15, 0.2) is 30.7 Å². The van der Waals surface area contributed by atoms with E-state index in [1.54, 1.807) is 6.07 Å². The summed E-state index contributed by atoms with van der Waals surface area (Å²) in [6, 6.07) is 5.79. The molecule has 6 rings (SSSR count). The first-order chi connectivity index (χ1) is 16.7. The molecular formula is C23H26N8O2S. The predicted octanol–water partition coefficient (Wildman–Crippen LogP) is 3.55. The summed E-state index contributed by atoms with van der Waals surface area (Å²) < 4.78 is 5.41. The number of thiazole rings is 1. The smallest absolute Gasteiger partial charge is 0.264 e. The minimum absolute atomic E-state index is 0.0147. The molecule has 2 aliphatic heterocycles. The number of ether oxygens (including phenoxy) is 1. The molecule has 0 aromatic carbocycles. The number of fused-ring (bicyclic) bond motifs is 2. The summed E-state index contributed by atoms with van der Waals surface area (Å²) in [5.41, 5.74) is 1.68. The van der Waals surface area contributed by atoms with Crippen molar-refractivity contribution in [2.45, 2.75) is 37.6 Å². The highest BCUT2D eigenvalue weighted by Gasteiger charge is 2.46. The first kappa shape index (κ1) is 21.2. The molecule has 1 amide bonds. The van der Waals surface area contributed by atoms with Gasteiger partial charge in [-0.05, 0) is 25.0 Å². The fourth-order valence-electron chi connectivity index (χ4n) is 4.91. The molecule has 10 nitrogen and oxygen atoms in total. The van der Waals surface area contributed by atoms with E-state index in [1.165, 1.54) is 24.1 Å². The van der Waals surface area contributed by atoms with Gasteiger partial charge in [0.2, 0.25) is 0 Å². The van der Waals surface area contributed by atoms with Crippen LogP contribution < -0.4 is 20.9 Å². The molecule has 0 unspecified atom stereocenters. The molecule has 0 bridgehead atoms. The van der Waals surface area contributed by atoms with E-state index >= 15 is 0 Å². The number of hydrogen-bond donors (Lipinski definition) is 3. The van der Waals surface area contributed by atoms with Crippen molar-refractivity contribution in [3.05, 3.63) is 41.3 Å². The van der Waals surface area contributed by atoms with E-state index in [0.29, 0.717) is 27.5 Å². The Bertz CT molecular complexity index is 1190. The monoisotopic (exact) mass is 478 g/mol. The van der Waals surface area contributed by atoms with E-state index in [-0.39, 0.29) is 11.4 Å². The van der Waals surface area contributed by atoms with Crippen LogP contribution >= 0.6 is 11.3 Å². The Morgan fingerprint density at radius 3 is 2.56 bits per heavy atom. The Morgan fingerprint density at radius 2 is 1.79 bits per heavy atom. The van der Waals surface area contributed by atoms with E-state index in [1.807, 2.05) is 18.3 Å². The maximum atomic E-state index is 12.6. The highest BCUT2D eigenvalue weighted by atomic mass is 32.1. The summed E-state index contributed by atoms with van der Waals surface area (Å²) >= 11 is 1.38. The van der Waals surface area contributed by atoms with Crippen molar-refractivity contribution in [1.29, 1.82) is 0 Å². The molecule has 1 saturated carbocycles. The van der Waals surface area contributed by atoms with Crippen molar-refractivity contribution in [2.24, 2.45) is 0 Å². The molecule has 1 saturated heterocycles. The lowest BCUT2D eigenvalue weighted by atomic mass is 9.81. The lowest BCUT2D eigenvalue weighted by molar-refractivity contribution is 0.0910. The van der Waals surface area contributed by atoms with Gasteiger partial charge in [-0.15, -0.1) is 0 Å². The van der Waals surface area contributed by atoms with Crippen molar-refractivity contribution in [1.82, 2.24) is 25.3 Å². The van der Waals surface area contributed by atoms with E-state index in [4.69, 9.17) is 9.72 Å². The summed E-state index contributed by atoms with van der Waals surface area (Å²) in [4.78, 5) is 33.5. The van der Waals surface area contributed by atoms with Gasteiger partial charge >= 0.3 is 0 Å². The molecule has 3 N–H and O–H groups in total. The first-order valence-corrected chi connectivity index (χ1v) is 12.5. The topological polar surface area (TPSA) is 117 Å². The maximum absolute atomic E-state index is 12.6. The largest absolute Gasteiger partial charge is 0.378 e. The molecule has 0 atom stereocenters. The van der Waals surface area contributed by atoms with Crippen molar-refractivity contribution >= 4 is 45.5 Å². The summed E-state index contributed by atoms with van der Waals surface area (Å²) in [5, 5.41) is 10.3. The van der Waals surface area contributed by atoms with Gasteiger partial charge in [0.05, 0.1) is 36.3 Å². The zero-order chi connectivity index (χ0) is 23.0. The number of carbonyl (C=O) groups is 1. The van der Waals surface area contributed by atoms with Gasteiger partial charge in [0.25, 0.3) is 5.91 Å². The van der Waals surface area contributed by atoms with E-state index in [2.05, 4.69) is 35.8 Å². The minimum atomic E-state index is -0.293. The summed E-state index contributed by atoms with van der Waals surface area (Å²) in [6.07, 6.45) is 8.69. The fourth-order valence-corrected chi connectivity index (χ4v) is 5.87. The average molecular weight is 479 g/mol. The molecule has 1 aliphatic carbocycles. The maximum Gasteiger partial charge on any atom is 0.264 e. The van der Waals surface area contributed by atoms with Gasteiger partial charge < -0.3 is 25.6 Å². The Labute approximate surface area is 201 Å². The molecule has 176 valence electrons. The Balaban J connectivity index is 1.15. The summed E-state index contributed by atoms with van der Waals surface area (Å²) in [5.74, 6) is 1.91. The molecule has 3 aromatic heterocycles. The SMILES string of the molecule is O=C1NC2(CCCCC2)c2nc(Nc3cc(Nc4ccc(N5CCOCC5)cn4)ncn3)sc21. The van der Waals surface area contributed by atoms with Crippen molar-refractivity contribution in [2.75, 3.05) is 41.8 Å². The van der Waals surface area contributed by atoms with Crippen LogP contribution in [0.3, 0.4) is 0 Å². The summed E-state index contributed by atoms with van der Waals surface area (Å²) in [7, 11) is 0. The van der Waals surface area contributed by atoms with Crippen LogP contribution in [-0.2, 0) is 10.3 Å². The van der Waals surface area contributed by atoms with Gasteiger partial charge in [0.1, 0.15) is 28.7 Å². The first-order valence-electron chi connectivity index (χ1n) is 11.7. The van der Waals surface area contributed by atoms with Crippen LogP contribution in [0.2, 0.25) is 0 Å². The molecular weight excluding hydrogens is 452 g/mol. The molecule has 2 fully saturated rings. The van der Waals surface area contributed by atoms with Gasteiger partial charge in [-0.3, -0.25) is 4.79 Å². The normalized spacial score (nSPS) is 19.1. The number of pyridine rings is 1. The van der Waals surface area contributed by atoms with Crippen LogP contribution in [0, 0.1) is 0 Å². The van der Waals surface area contributed by atoms with Gasteiger partial charge in [0, 0.05) is 19.2 Å². The number of amides is 1. The lowest BCUT2D eigenvalue weighted by Crippen LogP contribution is -2.41. The third-order valence-corrected chi connectivity index (χ3v) is 7.60. The van der Waals surface area contributed by atoms with Crippen molar-refractivity contribution in [3.63, 3.8) is 0 Å². The number of rotatable bonds is 5. The van der Waals surface area contributed by atoms with Crippen molar-refractivity contribution in [3.8, 4) is 0 Å². The molecule has 11 heteroatoms. The predicted molar refractivity (Wildman–Crippen MR) is 130 cm³/mol. The number of aromatic nitrogens is 4. The van der Waals surface area contributed by atoms with Gasteiger partial charge in [0.15, 0.2) is 5.13 Å². The van der Waals surface area contributed by atoms with Crippen LogP contribution in [0.5, 0.6) is 0 Å². The molecule has 3 aliphatic rings. The van der Waals surface area contributed by atoms with E-state index < -0.39 is 0 Å². The number of hydrogen-bond acceptors (Lipinski definition) is 10. The highest BCUT2D eigenvalue weighted by Crippen LogP contribution is 2.45. The zero-order valence-corrected chi connectivity index (χ0v) is 19.5. The second-order valence-electron chi connectivity index (χ2n) is 8.83. The van der Waals surface area contributed by atoms with Gasteiger partial charge in [-0.25, -0.2) is 19.9 Å². The van der Waals surface area contributed by atoms with Gasteiger partial charge in [-0.2, -0.15) is 0 Å². The number of anilines is 5. The van der Waals surface area contributed by atoms with Crippen LogP contribution in [-0.4, -0.2) is 52.1 Å². The second kappa shape index (κ2) is 8.80. The lowest BCUT2D eigenvalue weighted by Gasteiger charge is -2.32. The zero-order valence-electron chi connectivity index (χ0n) is 18.7. The third-order valence-electron chi connectivity index (χ3n) is 6.63. The Morgan fingerprint density at radius 1 is 1.00 bits per heavy atom. The van der Waals surface area contributed by atoms with Crippen LogP contribution in [0.4, 0.5) is 28.3 Å². The molecule has 3 aromatic rings. The second-order valence-corrected chi connectivity index (χ2v) is 9.83. The highest BCUT2D eigenvalue weighted by molar-refractivity contribution is 7.17. The quantitative estimate of drug-likeness (QED) is 0.506. The third kappa shape index (κ3) is 4.05. The Hall–Kier alpha value is -3.31. The molecule has 0 radical (unpaired) electrons. The van der Waals surface area contributed by atoms with E-state index in [9.17, 15) is 4.79 Å². The van der Waals surface area contributed by atoms with Gasteiger partial charge in [-0.1, -0.05) is 30.6 Å².